The van der Waals surface area contributed by atoms with Crippen LogP contribution in [0.5, 0.6) is 0 Å². The van der Waals surface area contributed by atoms with Gasteiger partial charge in [0, 0.05) is 5.75 Å². The average Bonchev–Trinajstić information content (AvgIpc) is 2.52. The number of amides is 1. The summed E-state index contributed by atoms with van der Waals surface area (Å²) in [5, 5.41) is 11.2. The van der Waals surface area contributed by atoms with Crippen LogP contribution in [0.4, 0.5) is 23.7 Å². The van der Waals surface area contributed by atoms with Gasteiger partial charge in [-0.15, -0.1) is 0 Å². The summed E-state index contributed by atoms with van der Waals surface area (Å²) < 4.78 is 37.5. The van der Waals surface area contributed by atoms with Gasteiger partial charge in [-0.25, -0.2) is 4.79 Å². The molecule has 0 fully saturated rings. The molecular formula is C17H14F3NO3S. The molecule has 2 aromatic carbocycles. The molecule has 132 valence electrons. The number of aryl methyl sites for hydroxylation is 1. The maximum Gasteiger partial charge on any atom is 0.416 e. The number of hydrogen-bond donors (Lipinski definition) is 2. The lowest BCUT2D eigenvalue weighted by molar-refractivity contribution is -0.137. The number of halogens is 3. The normalized spacial score (nSPS) is 11.2. The van der Waals surface area contributed by atoms with E-state index < -0.39 is 22.9 Å². The maximum atomic E-state index is 12.5. The Hall–Kier alpha value is -2.48. The monoisotopic (exact) mass is 369 g/mol. The third-order valence-electron chi connectivity index (χ3n) is 3.37. The number of carbonyl (C=O) groups excluding carboxylic acids is 1. The van der Waals surface area contributed by atoms with Crippen LogP contribution in [0.25, 0.3) is 0 Å². The number of nitrogens with one attached hydrogen (secondary N) is 1. The van der Waals surface area contributed by atoms with E-state index in [0.29, 0.717) is 11.1 Å². The lowest BCUT2D eigenvalue weighted by Gasteiger charge is -2.10. The summed E-state index contributed by atoms with van der Waals surface area (Å²) in [6, 6.07) is 9.24. The summed E-state index contributed by atoms with van der Waals surface area (Å²) in [7, 11) is 0. The van der Waals surface area contributed by atoms with Crippen LogP contribution in [0.1, 0.15) is 27.0 Å². The van der Waals surface area contributed by atoms with Gasteiger partial charge in [0.15, 0.2) is 0 Å². The van der Waals surface area contributed by atoms with Crippen LogP contribution in [0.15, 0.2) is 42.5 Å². The Bertz CT molecular complexity index is 789. The molecule has 25 heavy (non-hydrogen) atoms. The predicted molar refractivity (Wildman–Crippen MR) is 89.9 cm³/mol. The highest BCUT2D eigenvalue weighted by Gasteiger charge is 2.29. The van der Waals surface area contributed by atoms with Crippen LogP contribution in [-0.2, 0) is 11.9 Å². The number of carboxylic acids is 1. The van der Waals surface area contributed by atoms with Crippen LogP contribution >= 0.6 is 11.8 Å². The van der Waals surface area contributed by atoms with E-state index in [9.17, 15) is 27.9 Å². The number of carboxylic acid groups (broad SMARTS) is 1. The first-order chi connectivity index (χ1) is 11.7. The van der Waals surface area contributed by atoms with Crippen molar-refractivity contribution in [3.8, 4) is 0 Å². The zero-order valence-corrected chi connectivity index (χ0v) is 13.9. The van der Waals surface area contributed by atoms with E-state index in [4.69, 9.17) is 0 Å². The van der Waals surface area contributed by atoms with Crippen molar-refractivity contribution in [1.29, 1.82) is 0 Å². The largest absolute Gasteiger partial charge is 0.478 e. The second-order valence-corrected chi connectivity index (χ2v) is 6.15. The minimum absolute atomic E-state index is 0.00554. The first-order valence-corrected chi connectivity index (χ1v) is 8.10. The third kappa shape index (κ3) is 4.99. The molecule has 0 spiro atoms. The van der Waals surface area contributed by atoms with Gasteiger partial charge in [0.1, 0.15) is 0 Å². The highest BCUT2D eigenvalue weighted by atomic mass is 32.2. The van der Waals surface area contributed by atoms with Crippen LogP contribution in [0.2, 0.25) is 0 Å². The molecule has 0 unspecified atom stereocenters. The second kappa shape index (κ2) is 7.60. The Labute approximate surface area is 146 Å². The molecule has 0 saturated carbocycles. The standard InChI is InChI=1S/C17H14F3NO3S/c1-10-3-2-4-13(14(10)15(22)23)21-16(24)25-9-11-5-7-12(8-6-11)17(18,19)20/h2-8H,9H2,1H3,(H,21,24)(H,22,23). The Kier molecular flexibility index (Phi) is 5.73. The van der Waals surface area contributed by atoms with Crippen LogP contribution in [0, 0.1) is 6.92 Å². The van der Waals surface area contributed by atoms with E-state index in [1.54, 1.807) is 19.1 Å². The Balaban J connectivity index is 2.00. The van der Waals surface area contributed by atoms with Crippen molar-refractivity contribution in [2.75, 3.05) is 5.32 Å². The SMILES string of the molecule is Cc1cccc(NC(=O)SCc2ccc(C(F)(F)F)cc2)c1C(=O)O. The molecule has 0 aliphatic rings. The van der Waals surface area contributed by atoms with Gasteiger partial charge in [-0.05, 0) is 36.2 Å². The minimum atomic E-state index is -4.40. The predicted octanol–water partition coefficient (Wildman–Crippen LogP) is 5.18. The van der Waals surface area contributed by atoms with Gasteiger partial charge in [-0.1, -0.05) is 36.0 Å². The fraction of sp³-hybridized carbons (Fsp3) is 0.176. The molecule has 0 aliphatic heterocycles. The molecule has 0 bridgehead atoms. The first-order valence-electron chi connectivity index (χ1n) is 7.11. The fourth-order valence-corrected chi connectivity index (χ4v) is 2.81. The number of alkyl halides is 3. The molecule has 2 rings (SSSR count). The molecule has 8 heteroatoms. The molecular weight excluding hydrogens is 355 g/mol. The summed E-state index contributed by atoms with van der Waals surface area (Å²) in [5.41, 5.74) is 0.494. The summed E-state index contributed by atoms with van der Waals surface area (Å²) in [6.45, 7) is 1.62. The van der Waals surface area contributed by atoms with Crippen molar-refractivity contribution in [1.82, 2.24) is 0 Å². The highest BCUT2D eigenvalue weighted by Crippen LogP contribution is 2.30. The average molecular weight is 369 g/mol. The second-order valence-electron chi connectivity index (χ2n) is 5.20. The van der Waals surface area contributed by atoms with Crippen molar-refractivity contribution in [2.45, 2.75) is 18.9 Å². The zero-order valence-electron chi connectivity index (χ0n) is 13.1. The fourth-order valence-electron chi connectivity index (χ4n) is 2.14. The van der Waals surface area contributed by atoms with Crippen LogP contribution < -0.4 is 5.32 Å². The molecule has 2 N–H and O–H groups in total. The zero-order chi connectivity index (χ0) is 18.6. The Morgan fingerprint density at radius 2 is 1.76 bits per heavy atom. The number of rotatable bonds is 4. The van der Waals surface area contributed by atoms with Gasteiger partial charge in [-0.2, -0.15) is 13.2 Å². The minimum Gasteiger partial charge on any atom is -0.478 e. The summed E-state index contributed by atoms with van der Waals surface area (Å²) in [5.74, 6) is -0.987. The molecule has 4 nitrogen and oxygen atoms in total. The third-order valence-corrected chi connectivity index (χ3v) is 4.22. The summed E-state index contributed by atoms with van der Waals surface area (Å²) in [6.07, 6.45) is -4.40. The molecule has 0 heterocycles. The molecule has 2 aromatic rings. The molecule has 0 aliphatic carbocycles. The number of anilines is 1. The van der Waals surface area contributed by atoms with Crippen molar-refractivity contribution in [3.63, 3.8) is 0 Å². The molecule has 0 radical (unpaired) electrons. The Morgan fingerprint density at radius 3 is 2.32 bits per heavy atom. The number of carbonyl (C=O) groups is 2. The van der Waals surface area contributed by atoms with E-state index >= 15 is 0 Å². The van der Waals surface area contributed by atoms with E-state index in [2.05, 4.69) is 5.32 Å². The van der Waals surface area contributed by atoms with E-state index in [0.717, 1.165) is 23.9 Å². The summed E-state index contributed by atoms with van der Waals surface area (Å²) >= 11 is 0.840. The van der Waals surface area contributed by atoms with Crippen molar-refractivity contribution in [3.05, 3.63) is 64.7 Å². The molecule has 1 amide bonds. The number of thioether (sulfide) groups is 1. The van der Waals surface area contributed by atoms with Crippen LogP contribution in [-0.4, -0.2) is 16.3 Å². The molecule has 0 saturated heterocycles. The van der Waals surface area contributed by atoms with Crippen LogP contribution in [0.3, 0.4) is 0 Å². The van der Waals surface area contributed by atoms with E-state index in [1.165, 1.54) is 18.2 Å². The molecule has 0 aromatic heterocycles. The lowest BCUT2D eigenvalue weighted by atomic mass is 10.1. The topological polar surface area (TPSA) is 66.4 Å². The first kappa shape index (κ1) is 18.9. The van der Waals surface area contributed by atoms with E-state index in [-0.39, 0.29) is 17.0 Å². The smallest absolute Gasteiger partial charge is 0.416 e. The highest BCUT2D eigenvalue weighted by molar-refractivity contribution is 8.13. The van der Waals surface area contributed by atoms with Gasteiger partial charge in [0.2, 0.25) is 0 Å². The Morgan fingerprint density at radius 1 is 1.12 bits per heavy atom. The van der Waals surface area contributed by atoms with E-state index in [1.807, 2.05) is 0 Å². The quantitative estimate of drug-likeness (QED) is 0.780. The number of aromatic carboxylic acids is 1. The van der Waals surface area contributed by atoms with Gasteiger partial charge in [0.05, 0.1) is 16.8 Å². The van der Waals surface area contributed by atoms with Crippen molar-refractivity contribution in [2.24, 2.45) is 0 Å². The maximum absolute atomic E-state index is 12.5. The number of benzene rings is 2. The number of hydrogen-bond acceptors (Lipinski definition) is 3. The molecule has 0 atom stereocenters. The van der Waals surface area contributed by atoms with Crippen molar-refractivity contribution < 1.29 is 27.9 Å². The van der Waals surface area contributed by atoms with Gasteiger partial charge in [0.25, 0.3) is 5.24 Å². The van der Waals surface area contributed by atoms with Gasteiger partial charge in [-0.3, -0.25) is 4.79 Å². The van der Waals surface area contributed by atoms with Gasteiger partial charge < -0.3 is 10.4 Å². The lowest BCUT2D eigenvalue weighted by Crippen LogP contribution is -2.11. The van der Waals surface area contributed by atoms with Crippen molar-refractivity contribution >= 4 is 28.7 Å². The summed E-state index contributed by atoms with van der Waals surface area (Å²) in [4.78, 5) is 23.2. The van der Waals surface area contributed by atoms with Gasteiger partial charge >= 0.3 is 12.1 Å².